The van der Waals surface area contributed by atoms with E-state index in [1.54, 1.807) is 62.1 Å². The van der Waals surface area contributed by atoms with Crippen LogP contribution in [0.5, 0.6) is 5.75 Å². The minimum absolute atomic E-state index is 0.0623. The van der Waals surface area contributed by atoms with Gasteiger partial charge in [-0.1, -0.05) is 12.1 Å². The van der Waals surface area contributed by atoms with Crippen molar-refractivity contribution in [1.29, 1.82) is 0 Å². The fraction of sp³-hybridized carbons (Fsp3) is 0.302. The molecule has 1 atom stereocenters. The Kier molecular flexibility index (Phi) is 12.9. The number of carbonyl (C=O) groups is 6. The summed E-state index contributed by atoms with van der Waals surface area (Å²) in [5.41, 5.74) is 9.45. The van der Waals surface area contributed by atoms with Crippen LogP contribution in [0.4, 0.5) is 16.2 Å². The molecule has 0 saturated heterocycles. The molecule has 0 radical (unpaired) electrons. The number of hydrogen-bond acceptors (Lipinski definition) is 9. The zero-order chi connectivity index (χ0) is 44.2. The lowest BCUT2D eigenvalue weighted by molar-refractivity contribution is -0.138. The summed E-state index contributed by atoms with van der Waals surface area (Å²) in [6.45, 7) is 7.50. The third kappa shape index (κ3) is 10.2. The summed E-state index contributed by atoms with van der Waals surface area (Å²) in [6, 6.07) is 14.0. The summed E-state index contributed by atoms with van der Waals surface area (Å²) in [5.74, 6) is -2.59. The van der Waals surface area contributed by atoms with Gasteiger partial charge in [-0.05, 0) is 87.6 Å². The van der Waals surface area contributed by atoms with Gasteiger partial charge in [0.05, 0.1) is 17.5 Å². The molecule has 0 fully saturated rings. The van der Waals surface area contributed by atoms with Gasteiger partial charge in [-0.15, -0.1) is 11.6 Å². The number of benzene rings is 3. The molecule has 320 valence electrons. The quantitative estimate of drug-likeness (QED) is 0.0469. The number of halogens is 1. The molecular weight excluding hydrogens is 812 g/mol. The average Bonchev–Trinajstić information content (AvgIpc) is 3.99. The number of alkyl halides is 1. The molecule has 17 nitrogen and oxygen atoms in total. The van der Waals surface area contributed by atoms with Crippen LogP contribution in [-0.2, 0) is 25.5 Å². The van der Waals surface area contributed by atoms with Crippen LogP contribution in [-0.4, -0.2) is 79.1 Å². The molecule has 18 heteroatoms. The van der Waals surface area contributed by atoms with Crippen LogP contribution in [0.15, 0.2) is 65.4 Å². The second-order valence-corrected chi connectivity index (χ2v) is 15.9. The van der Waals surface area contributed by atoms with Crippen molar-refractivity contribution in [3.63, 3.8) is 0 Å². The Labute approximate surface area is 353 Å². The lowest BCUT2D eigenvalue weighted by Gasteiger charge is -2.19. The highest BCUT2D eigenvalue weighted by Crippen LogP contribution is 2.46. The Hall–Kier alpha value is -7.01. The number of aromatic nitrogens is 2. The van der Waals surface area contributed by atoms with E-state index in [2.05, 4.69) is 26.1 Å². The number of phenols is 1. The Morgan fingerprint density at radius 3 is 2.38 bits per heavy atom. The first-order valence-corrected chi connectivity index (χ1v) is 19.8. The molecule has 1 aliphatic rings. The van der Waals surface area contributed by atoms with Crippen LogP contribution in [0, 0.1) is 6.92 Å². The topological polar surface area (TPSA) is 256 Å². The molecule has 8 N–H and O–H groups in total. The molecule has 0 unspecified atom stereocenters. The zero-order valence-electron chi connectivity index (χ0n) is 33.7. The third-order valence-electron chi connectivity index (χ3n) is 9.79. The molecule has 61 heavy (non-hydrogen) atoms. The largest absolute Gasteiger partial charge is 0.506 e. The number of amides is 4. The van der Waals surface area contributed by atoms with Gasteiger partial charge in [0.15, 0.2) is 5.76 Å². The summed E-state index contributed by atoms with van der Waals surface area (Å²) >= 11 is 6.38. The van der Waals surface area contributed by atoms with Gasteiger partial charge in [-0.3, -0.25) is 29.4 Å². The van der Waals surface area contributed by atoms with Crippen molar-refractivity contribution in [2.45, 2.75) is 71.3 Å². The summed E-state index contributed by atoms with van der Waals surface area (Å²) in [6.07, 6.45) is 3.16. The highest BCUT2D eigenvalue weighted by molar-refractivity contribution is 6.19. The number of hydrazine groups is 1. The van der Waals surface area contributed by atoms with Crippen LogP contribution in [0.25, 0.3) is 32.6 Å². The van der Waals surface area contributed by atoms with Crippen molar-refractivity contribution in [2.75, 3.05) is 22.6 Å². The third-order valence-corrected chi connectivity index (χ3v) is 10.2. The molecule has 0 bridgehead atoms. The zero-order valence-corrected chi connectivity index (χ0v) is 34.5. The van der Waals surface area contributed by atoms with Gasteiger partial charge < -0.3 is 44.7 Å². The summed E-state index contributed by atoms with van der Waals surface area (Å²) in [7, 11) is 0. The average molecular weight is 857 g/mol. The number of fused-ring (bicyclic) bond motifs is 5. The predicted octanol–water partition coefficient (Wildman–Crippen LogP) is 7.46. The normalized spacial score (nSPS) is 13.4. The van der Waals surface area contributed by atoms with E-state index in [4.69, 9.17) is 31.0 Å². The minimum atomic E-state index is -0.948. The molecule has 4 heterocycles. The highest BCUT2D eigenvalue weighted by Gasteiger charge is 2.36. The fourth-order valence-electron chi connectivity index (χ4n) is 7.07. The number of rotatable bonds is 11. The van der Waals surface area contributed by atoms with Crippen LogP contribution >= 0.6 is 11.6 Å². The summed E-state index contributed by atoms with van der Waals surface area (Å²) in [4.78, 5) is 78.7. The van der Waals surface area contributed by atoms with E-state index in [-0.39, 0.29) is 54.9 Å². The van der Waals surface area contributed by atoms with Crippen LogP contribution in [0.3, 0.4) is 0 Å². The molecule has 3 aromatic carbocycles. The number of aliphatic carboxylic acids is 2. The van der Waals surface area contributed by atoms with E-state index >= 15 is 0 Å². The Balaban J connectivity index is 0.000000622. The number of anilines is 2. The van der Waals surface area contributed by atoms with Gasteiger partial charge >= 0.3 is 18.0 Å². The number of nitrogens with zero attached hydrogens (tertiary/aromatic N) is 1. The van der Waals surface area contributed by atoms with Crippen molar-refractivity contribution in [1.82, 2.24) is 20.8 Å². The predicted molar refractivity (Wildman–Crippen MR) is 227 cm³/mol. The molecule has 0 saturated carbocycles. The lowest BCUT2D eigenvalue weighted by Crippen LogP contribution is -2.44. The van der Waals surface area contributed by atoms with Crippen molar-refractivity contribution < 1.29 is 53.2 Å². The Bertz CT molecular complexity index is 2660. The van der Waals surface area contributed by atoms with Crippen molar-refractivity contribution >= 4 is 91.3 Å². The van der Waals surface area contributed by atoms with E-state index in [1.165, 1.54) is 6.26 Å². The van der Waals surface area contributed by atoms with Gasteiger partial charge in [-0.2, -0.15) is 0 Å². The first kappa shape index (κ1) is 43.6. The maximum atomic E-state index is 13.9. The molecule has 3 aromatic heterocycles. The van der Waals surface area contributed by atoms with Crippen LogP contribution < -0.4 is 21.1 Å². The van der Waals surface area contributed by atoms with E-state index in [9.17, 15) is 33.9 Å². The molecule has 4 amide bonds. The number of carbonyl (C=O) groups excluding carboxylic acids is 4. The van der Waals surface area contributed by atoms with Crippen molar-refractivity contribution in [2.24, 2.45) is 0 Å². The van der Waals surface area contributed by atoms with Crippen molar-refractivity contribution in [3.05, 3.63) is 89.1 Å². The number of ether oxygens (including phenoxy) is 1. The Morgan fingerprint density at radius 2 is 1.69 bits per heavy atom. The monoisotopic (exact) mass is 856 g/mol. The number of H-pyrrole nitrogens is 2. The second-order valence-electron chi connectivity index (χ2n) is 15.6. The van der Waals surface area contributed by atoms with Gasteiger partial charge in [0.2, 0.25) is 5.91 Å². The number of aromatic amines is 2. The van der Waals surface area contributed by atoms with Gasteiger partial charge in [0, 0.05) is 82.6 Å². The molecule has 0 spiro atoms. The SMILES string of the molecule is Cc1c[nH]c2c(O)cc3c(c12)[C@H](CCl)CN3C(=O)c1cc2cc(NC(=O)c3occ4cc(CCC(=O)NNC(=O)OC(C)(C)C)ccc34)ccc2[nH]1.O=C(O)CCCC(=O)O. The molecule has 6 aromatic rings. The molecule has 0 aliphatic carbocycles. The Morgan fingerprint density at radius 1 is 0.951 bits per heavy atom. The van der Waals surface area contributed by atoms with Gasteiger partial charge in [-0.25, -0.2) is 10.2 Å². The number of furan rings is 1. The second kappa shape index (κ2) is 18.1. The number of hydrogen-bond donors (Lipinski definition) is 8. The van der Waals surface area contributed by atoms with E-state index in [1.807, 2.05) is 25.3 Å². The summed E-state index contributed by atoms with van der Waals surface area (Å²) < 4.78 is 10.8. The number of aryl methyl sites for hydroxylation is 2. The van der Waals surface area contributed by atoms with E-state index in [0.717, 1.165) is 22.1 Å². The maximum Gasteiger partial charge on any atom is 0.426 e. The number of aromatic hydroxyl groups is 1. The fourth-order valence-corrected chi connectivity index (χ4v) is 7.32. The molecule has 7 rings (SSSR count). The smallest absolute Gasteiger partial charge is 0.426 e. The standard InChI is InChI=1S/C38H37ClN6O7.C5H8O4/c1-19-16-40-33-29(46)14-28-32(31(19)33)23(15-39)17-45(28)36(49)27-13-21-12-24(7-9-26(21)42-27)41-35(48)34-25-8-5-20(11-22(25)18-51-34)6-10-30(47)43-44-37(50)52-38(2,3)4;6-4(7)2-1-3-5(8)9/h5,7-9,11-14,16,18,23,40,42,46H,6,10,15,17H2,1-4H3,(H,41,48)(H,43,47)(H,44,50);1-3H2,(H,6,7)(H,8,9)/t23-;/m1./s1. The number of nitrogens with one attached hydrogen (secondary N) is 5. The first-order chi connectivity index (χ1) is 28.9. The van der Waals surface area contributed by atoms with E-state index < -0.39 is 29.5 Å². The van der Waals surface area contributed by atoms with Gasteiger partial charge in [0.1, 0.15) is 17.0 Å². The number of carboxylic acid groups (broad SMARTS) is 2. The molecule has 1 aliphatic heterocycles. The highest BCUT2D eigenvalue weighted by atomic mass is 35.5. The maximum absolute atomic E-state index is 13.9. The lowest BCUT2D eigenvalue weighted by atomic mass is 9.97. The van der Waals surface area contributed by atoms with Crippen molar-refractivity contribution in [3.8, 4) is 5.75 Å². The summed E-state index contributed by atoms with van der Waals surface area (Å²) in [5, 5.41) is 32.6. The number of carboxylic acids is 2. The minimum Gasteiger partial charge on any atom is -0.506 e. The van der Waals surface area contributed by atoms with Crippen LogP contribution in [0.1, 0.15) is 90.1 Å². The van der Waals surface area contributed by atoms with E-state index in [0.29, 0.717) is 63.1 Å². The number of phenolic OH excluding ortho intramolecular Hbond substituents is 1. The molecular formula is C43H45ClN6O11. The van der Waals surface area contributed by atoms with Crippen LogP contribution in [0.2, 0.25) is 0 Å². The van der Waals surface area contributed by atoms with Gasteiger partial charge in [0.25, 0.3) is 11.8 Å². The first-order valence-electron chi connectivity index (χ1n) is 19.3.